The zero-order valence-corrected chi connectivity index (χ0v) is 12.8. The predicted molar refractivity (Wildman–Crippen MR) is 85.9 cm³/mol. The molecule has 0 spiro atoms. The standard InChI is InChI=1S/C15H12ClN3O4/c1-17-14(20)9-2-4-10(5-3-9)18-15(21)12-7-6-11(19(22)23)8-13(12)16/h2-8H,1H3,(H,17,20)(H,18,21). The second-order valence-electron chi connectivity index (χ2n) is 4.53. The Balaban J connectivity index is 2.16. The van der Waals surface area contributed by atoms with Crippen LogP contribution in [0.3, 0.4) is 0 Å². The van der Waals surface area contributed by atoms with Crippen LogP contribution in [0.15, 0.2) is 42.5 Å². The molecule has 0 aliphatic heterocycles. The molecule has 23 heavy (non-hydrogen) atoms. The smallest absolute Gasteiger partial charge is 0.270 e. The van der Waals surface area contributed by atoms with Gasteiger partial charge in [-0.05, 0) is 30.3 Å². The van der Waals surface area contributed by atoms with Gasteiger partial charge in [0.25, 0.3) is 17.5 Å². The van der Waals surface area contributed by atoms with Gasteiger partial charge in [-0.25, -0.2) is 0 Å². The van der Waals surface area contributed by atoms with Gasteiger partial charge in [-0.3, -0.25) is 19.7 Å². The summed E-state index contributed by atoms with van der Waals surface area (Å²) < 4.78 is 0. The molecule has 0 atom stereocenters. The molecule has 0 radical (unpaired) electrons. The number of rotatable bonds is 4. The van der Waals surface area contributed by atoms with E-state index in [1.165, 1.54) is 19.2 Å². The number of hydrogen-bond donors (Lipinski definition) is 2. The van der Waals surface area contributed by atoms with Gasteiger partial charge < -0.3 is 10.6 Å². The maximum atomic E-state index is 12.1. The van der Waals surface area contributed by atoms with E-state index in [0.29, 0.717) is 11.3 Å². The number of non-ortho nitro benzene ring substituents is 1. The summed E-state index contributed by atoms with van der Waals surface area (Å²) in [7, 11) is 1.52. The Hall–Kier alpha value is -2.93. The lowest BCUT2D eigenvalue weighted by Crippen LogP contribution is -2.18. The number of nitrogens with one attached hydrogen (secondary N) is 2. The van der Waals surface area contributed by atoms with Crippen molar-refractivity contribution in [1.82, 2.24) is 5.32 Å². The topological polar surface area (TPSA) is 101 Å². The molecule has 118 valence electrons. The summed E-state index contributed by atoms with van der Waals surface area (Å²) in [4.78, 5) is 33.6. The first kappa shape index (κ1) is 16.4. The van der Waals surface area contributed by atoms with Crippen LogP contribution in [0, 0.1) is 10.1 Å². The van der Waals surface area contributed by atoms with E-state index in [4.69, 9.17) is 11.6 Å². The molecule has 0 bridgehead atoms. The lowest BCUT2D eigenvalue weighted by Gasteiger charge is -2.07. The third-order valence-electron chi connectivity index (χ3n) is 3.04. The fraction of sp³-hybridized carbons (Fsp3) is 0.0667. The molecule has 0 unspecified atom stereocenters. The van der Waals surface area contributed by atoms with Gasteiger partial charge in [-0.2, -0.15) is 0 Å². The zero-order chi connectivity index (χ0) is 17.0. The highest BCUT2D eigenvalue weighted by molar-refractivity contribution is 6.34. The molecule has 2 aromatic carbocycles. The Kier molecular flexibility index (Phi) is 4.92. The molecule has 2 rings (SSSR count). The van der Waals surface area contributed by atoms with Crippen molar-refractivity contribution in [1.29, 1.82) is 0 Å². The second-order valence-corrected chi connectivity index (χ2v) is 4.94. The first-order chi connectivity index (χ1) is 10.9. The molecule has 7 nitrogen and oxygen atoms in total. The molecule has 2 aromatic rings. The van der Waals surface area contributed by atoms with Crippen LogP contribution < -0.4 is 10.6 Å². The number of benzene rings is 2. The van der Waals surface area contributed by atoms with Crippen LogP contribution in [-0.4, -0.2) is 23.8 Å². The molecule has 2 amide bonds. The minimum atomic E-state index is -0.592. The van der Waals surface area contributed by atoms with Crippen molar-refractivity contribution in [2.75, 3.05) is 12.4 Å². The number of nitro benzene ring substituents is 1. The minimum Gasteiger partial charge on any atom is -0.355 e. The second kappa shape index (κ2) is 6.89. The highest BCUT2D eigenvalue weighted by atomic mass is 35.5. The van der Waals surface area contributed by atoms with Crippen molar-refractivity contribution >= 4 is 34.8 Å². The van der Waals surface area contributed by atoms with Gasteiger partial charge in [0.05, 0.1) is 15.5 Å². The molecule has 8 heteroatoms. The molecule has 0 aliphatic rings. The number of anilines is 1. The summed E-state index contributed by atoms with van der Waals surface area (Å²) in [5, 5.41) is 15.7. The van der Waals surface area contributed by atoms with Gasteiger partial charge in [0, 0.05) is 30.4 Å². The summed E-state index contributed by atoms with van der Waals surface area (Å²) in [5.41, 5.74) is 0.852. The number of nitro groups is 1. The summed E-state index contributed by atoms with van der Waals surface area (Å²) >= 11 is 5.90. The molecule has 2 N–H and O–H groups in total. The lowest BCUT2D eigenvalue weighted by molar-refractivity contribution is -0.384. The monoisotopic (exact) mass is 333 g/mol. The van der Waals surface area contributed by atoms with Crippen molar-refractivity contribution in [3.05, 3.63) is 68.7 Å². The molecule has 0 saturated heterocycles. The average molecular weight is 334 g/mol. The van der Waals surface area contributed by atoms with Gasteiger partial charge in [0.2, 0.25) is 0 Å². The Morgan fingerprint density at radius 2 is 1.74 bits per heavy atom. The third kappa shape index (κ3) is 3.83. The maximum absolute atomic E-state index is 12.1. The predicted octanol–water partition coefficient (Wildman–Crippen LogP) is 2.86. The summed E-state index contributed by atoms with van der Waals surface area (Å²) in [6, 6.07) is 9.87. The Morgan fingerprint density at radius 1 is 1.09 bits per heavy atom. The van der Waals surface area contributed by atoms with E-state index < -0.39 is 10.8 Å². The molecule has 0 aliphatic carbocycles. The van der Waals surface area contributed by atoms with Gasteiger partial charge in [0.1, 0.15) is 0 Å². The average Bonchev–Trinajstić information content (AvgIpc) is 2.54. The van der Waals surface area contributed by atoms with Crippen molar-refractivity contribution in [2.24, 2.45) is 0 Å². The number of carbonyl (C=O) groups excluding carboxylic acids is 2. The summed E-state index contributed by atoms with van der Waals surface area (Å²) in [5.74, 6) is -0.737. The van der Waals surface area contributed by atoms with Crippen molar-refractivity contribution in [2.45, 2.75) is 0 Å². The minimum absolute atomic E-state index is 0.0151. The zero-order valence-electron chi connectivity index (χ0n) is 12.0. The first-order valence-electron chi connectivity index (χ1n) is 6.50. The Morgan fingerprint density at radius 3 is 2.26 bits per heavy atom. The van der Waals surface area contributed by atoms with Gasteiger partial charge in [-0.1, -0.05) is 11.6 Å². The van der Waals surface area contributed by atoms with Crippen LogP contribution in [0.2, 0.25) is 5.02 Å². The van der Waals surface area contributed by atoms with E-state index in [0.717, 1.165) is 6.07 Å². The molecular formula is C15H12ClN3O4. The van der Waals surface area contributed by atoms with Crippen molar-refractivity contribution in [3.63, 3.8) is 0 Å². The van der Waals surface area contributed by atoms with Crippen LogP contribution in [0.4, 0.5) is 11.4 Å². The number of nitrogens with zero attached hydrogens (tertiary/aromatic N) is 1. The normalized spacial score (nSPS) is 10.0. The molecule has 0 aromatic heterocycles. The van der Waals surface area contributed by atoms with Crippen molar-refractivity contribution < 1.29 is 14.5 Å². The Labute approximate surface area is 136 Å². The third-order valence-corrected chi connectivity index (χ3v) is 3.35. The van der Waals surface area contributed by atoms with E-state index >= 15 is 0 Å². The van der Waals surface area contributed by atoms with Crippen LogP contribution >= 0.6 is 11.6 Å². The number of carbonyl (C=O) groups is 2. The van der Waals surface area contributed by atoms with Gasteiger partial charge in [-0.15, -0.1) is 0 Å². The fourth-order valence-electron chi connectivity index (χ4n) is 1.85. The quantitative estimate of drug-likeness (QED) is 0.663. The number of halogens is 1. The van der Waals surface area contributed by atoms with Gasteiger partial charge in [0.15, 0.2) is 0 Å². The van der Waals surface area contributed by atoms with Crippen LogP contribution in [0.1, 0.15) is 20.7 Å². The molecule has 0 saturated carbocycles. The molecule has 0 heterocycles. The van der Waals surface area contributed by atoms with Crippen molar-refractivity contribution in [3.8, 4) is 0 Å². The fourth-order valence-corrected chi connectivity index (χ4v) is 2.11. The van der Waals surface area contributed by atoms with E-state index in [-0.39, 0.29) is 22.2 Å². The van der Waals surface area contributed by atoms with E-state index in [9.17, 15) is 19.7 Å². The summed E-state index contributed by atoms with van der Waals surface area (Å²) in [6.07, 6.45) is 0. The first-order valence-corrected chi connectivity index (χ1v) is 6.87. The molecule has 0 fully saturated rings. The van der Waals surface area contributed by atoms with E-state index in [2.05, 4.69) is 10.6 Å². The van der Waals surface area contributed by atoms with Crippen LogP contribution in [-0.2, 0) is 0 Å². The maximum Gasteiger partial charge on any atom is 0.270 e. The van der Waals surface area contributed by atoms with E-state index in [1.54, 1.807) is 24.3 Å². The molecular weight excluding hydrogens is 322 g/mol. The van der Waals surface area contributed by atoms with Gasteiger partial charge >= 0.3 is 0 Å². The highest BCUT2D eigenvalue weighted by Gasteiger charge is 2.15. The lowest BCUT2D eigenvalue weighted by atomic mass is 10.1. The highest BCUT2D eigenvalue weighted by Crippen LogP contribution is 2.23. The number of hydrogen-bond acceptors (Lipinski definition) is 4. The largest absolute Gasteiger partial charge is 0.355 e. The number of amides is 2. The summed E-state index contributed by atoms with van der Waals surface area (Å²) in [6.45, 7) is 0. The Bertz CT molecular complexity index is 775. The van der Waals surface area contributed by atoms with E-state index in [1.807, 2.05) is 0 Å². The van der Waals surface area contributed by atoms with Crippen LogP contribution in [0.25, 0.3) is 0 Å². The van der Waals surface area contributed by atoms with Crippen LogP contribution in [0.5, 0.6) is 0 Å². The SMILES string of the molecule is CNC(=O)c1ccc(NC(=O)c2ccc([N+](=O)[O-])cc2Cl)cc1.